The van der Waals surface area contributed by atoms with E-state index < -0.39 is 0 Å². The number of benzene rings is 4. The number of rotatable bonds is 6. The van der Waals surface area contributed by atoms with Crippen LogP contribution in [0.5, 0.6) is 0 Å². The van der Waals surface area contributed by atoms with E-state index in [1.807, 2.05) is 0 Å². The third-order valence-electron chi connectivity index (χ3n) is 8.40. The lowest BCUT2D eigenvalue weighted by Crippen LogP contribution is -2.18. The molecule has 0 spiro atoms. The van der Waals surface area contributed by atoms with Gasteiger partial charge in [-0.2, -0.15) is 0 Å². The van der Waals surface area contributed by atoms with E-state index in [2.05, 4.69) is 100 Å². The molecule has 0 N–H and O–H groups in total. The van der Waals surface area contributed by atoms with E-state index in [1.165, 1.54) is 69.5 Å². The first kappa shape index (κ1) is 22.4. The molecule has 2 aliphatic carbocycles. The molecule has 0 amide bonds. The molecule has 0 saturated heterocycles. The second-order valence-electron chi connectivity index (χ2n) is 11.1. The minimum Gasteiger partial charge on any atom is -0.0651 e. The average Bonchev–Trinajstić information content (AvgIpc) is 3.44. The van der Waals surface area contributed by atoms with Crippen LogP contribution in [-0.4, -0.2) is 0 Å². The molecule has 0 bridgehead atoms. The molecule has 0 saturated carbocycles. The molecule has 0 heterocycles. The van der Waals surface area contributed by atoms with Gasteiger partial charge in [0.15, 0.2) is 0 Å². The zero-order valence-electron chi connectivity index (χ0n) is 21.7. The molecule has 0 nitrogen and oxygen atoms in total. The summed E-state index contributed by atoms with van der Waals surface area (Å²) in [5.74, 6) is 0. The van der Waals surface area contributed by atoms with Crippen LogP contribution in [0.1, 0.15) is 75.6 Å². The van der Waals surface area contributed by atoms with Gasteiger partial charge >= 0.3 is 0 Å². The van der Waals surface area contributed by atoms with Gasteiger partial charge in [0.1, 0.15) is 0 Å². The third kappa shape index (κ3) is 3.41. The van der Waals surface area contributed by atoms with Crippen LogP contribution >= 0.6 is 0 Å². The molecule has 35 heavy (non-hydrogen) atoms. The van der Waals surface area contributed by atoms with Gasteiger partial charge in [-0.3, -0.25) is 0 Å². The number of allylic oxidation sites excluding steroid dienone is 4. The van der Waals surface area contributed by atoms with Crippen molar-refractivity contribution in [3.05, 3.63) is 106 Å². The van der Waals surface area contributed by atoms with E-state index >= 15 is 0 Å². The summed E-state index contributed by atoms with van der Waals surface area (Å²) in [4.78, 5) is 0. The SMILES string of the molecule is CCCC1=C(C(C)(C)C2=C(CCC)Cc3ccc4ccccc4c32)c2c(ccc3ccccc23)C1. The van der Waals surface area contributed by atoms with Crippen molar-refractivity contribution in [3.8, 4) is 0 Å². The molecule has 0 aromatic heterocycles. The van der Waals surface area contributed by atoms with E-state index in [4.69, 9.17) is 0 Å². The second-order valence-corrected chi connectivity index (χ2v) is 11.1. The maximum atomic E-state index is 2.52. The van der Waals surface area contributed by atoms with Crippen LogP contribution in [0.3, 0.4) is 0 Å². The van der Waals surface area contributed by atoms with Crippen LogP contribution in [0, 0.1) is 5.41 Å². The molecule has 0 fully saturated rings. The highest BCUT2D eigenvalue weighted by Crippen LogP contribution is 2.57. The van der Waals surface area contributed by atoms with Gasteiger partial charge in [0.2, 0.25) is 0 Å². The lowest BCUT2D eigenvalue weighted by Gasteiger charge is -2.34. The van der Waals surface area contributed by atoms with E-state index in [9.17, 15) is 0 Å². The van der Waals surface area contributed by atoms with Crippen molar-refractivity contribution in [2.75, 3.05) is 0 Å². The van der Waals surface area contributed by atoms with E-state index in [1.54, 1.807) is 22.3 Å². The largest absolute Gasteiger partial charge is 0.0651 e. The second kappa shape index (κ2) is 8.52. The van der Waals surface area contributed by atoms with E-state index in [0.717, 1.165) is 12.8 Å². The summed E-state index contributed by atoms with van der Waals surface area (Å²) in [6.07, 6.45) is 6.96. The number of hydrogen-bond donors (Lipinski definition) is 0. The summed E-state index contributed by atoms with van der Waals surface area (Å²) < 4.78 is 0. The van der Waals surface area contributed by atoms with Gasteiger partial charge in [-0.05, 0) is 80.6 Å². The summed E-state index contributed by atoms with van der Waals surface area (Å²) in [5, 5.41) is 5.57. The highest BCUT2D eigenvalue weighted by Gasteiger charge is 2.41. The minimum atomic E-state index is -0.0558. The standard InChI is InChI=1S/C35H36/c1-5-11-27-21-25-19-17-23-13-7-9-15-29(23)31(25)33(27)35(3,4)34-28(12-6-2)22-26-20-18-24-14-8-10-16-30(24)32(26)34/h7-10,13-20H,5-6,11-12,21-22H2,1-4H3. The Morgan fingerprint density at radius 3 is 1.43 bits per heavy atom. The molecular weight excluding hydrogens is 420 g/mol. The predicted molar refractivity (Wildman–Crippen MR) is 153 cm³/mol. The van der Waals surface area contributed by atoms with Crippen LogP contribution in [-0.2, 0) is 12.8 Å². The van der Waals surface area contributed by atoms with Crippen LogP contribution < -0.4 is 0 Å². The molecule has 4 aromatic carbocycles. The Kier molecular flexibility index (Phi) is 5.44. The maximum Gasteiger partial charge on any atom is 0.0158 e. The molecular formula is C35H36. The normalized spacial score (nSPS) is 15.4. The van der Waals surface area contributed by atoms with Crippen LogP contribution in [0.25, 0.3) is 32.7 Å². The number of hydrogen-bond acceptors (Lipinski definition) is 0. The quantitative estimate of drug-likeness (QED) is 0.271. The Morgan fingerprint density at radius 2 is 1.00 bits per heavy atom. The van der Waals surface area contributed by atoms with Crippen molar-refractivity contribution in [1.82, 2.24) is 0 Å². The summed E-state index contributed by atoms with van der Waals surface area (Å²) in [6, 6.07) is 27.5. The van der Waals surface area contributed by atoms with Crippen molar-refractivity contribution in [2.24, 2.45) is 5.41 Å². The van der Waals surface area contributed by atoms with Crippen molar-refractivity contribution in [1.29, 1.82) is 0 Å². The van der Waals surface area contributed by atoms with Gasteiger partial charge in [0.05, 0.1) is 0 Å². The Bertz CT molecular complexity index is 1410. The first-order valence-corrected chi connectivity index (χ1v) is 13.5. The predicted octanol–water partition coefficient (Wildman–Crippen LogP) is 9.94. The summed E-state index contributed by atoms with van der Waals surface area (Å²) in [7, 11) is 0. The van der Waals surface area contributed by atoms with Gasteiger partial charge in [0, 0.05) is 5.41 Å². The molecule has 0 radical (unpaired) electrons. The summed E-state index contributed by atoms with van der Waals surface area (Å²) in [6.45, 7) is 9.71. The Morgan fingerprint density at radius 1 is 0.571 bits per heavy atom. The molecule has 2 aliphatic rings. The van der Waals surface area contributed by atoms with Gasteiger partial charge < -0.3 is 0 Å². The zero-order chi connectivity index (χ0) is 24.2. The van der Waals surface area contributed by atoms with Crippen molar-refractivity contribution in [2.45, 2.75) is 66.2 Å². The Hall–Kier alpha value is -3.12. The molecule has 0 aliphatic heterocycles. The highest BCUT2D eigenvalue weighted by molar-refractivity contribution is 6.06. The highest BCUT2D eigenvalue weighted by atomic mass is 14.4. The average molecular weight is 457 g/mol. The molecule has 0 unspecified atom stereocenters. The lowest BCUT2D eigenvalue weighted by atomic mass is 9.69. The first-order valence-electron chi connectivity index (χ1n) is 13.5. The summed E-state index contributed by atoms with van der Waals surface area (Å²) in [5.41, 5.74) is 12.5. The van der Waals surface area contributed by atoms with Crippen molar-refractivity contribution in [3.63, 3.8) is 0 Å². The fourth-order valence-electron chi connectivity index (χ4n) is 7.17. The van der Waals surface area contributed by atoms with Gasteiger partial charge in [-0.25, -0.2) is 0 Å². The van der Waals surface area contributed by atoms with Crippen molar-refractivity contribution >= 4 is 32.7 Å². The van der Waals surface area contributed by atoms with E-state index in [-0.39, 0.29) is 5.41 Å². The Balaban J connectivity index is 1.65. The monoisotopic (exact) mass is 456 g/mol. The fourth-order valence-corrected chi connectivity index (χ4v) is 7.17. The zero-order valence-corrected chi connectivity index (χ0v) is 21.7. The van der Waals surface area contributed by atoms with E-state index in [0.29, 0.717) is 0 Å². The molecule has 0 atom stereocenters. The lowest BCUT2D eigenvalue weighted by molar-refractivity contribution is 0.661. The first-order chi connectivity index (χ1) is 17.0. The summed E-state index contributed by atoms with van der Waals surface area (Å²) >= 11 is 0. The third-order valence-corrected chi connectivity index (χ3v) is 8.40. The molecule has 176 valence electrons. The smallest absolute Gasteiger partial charge is 0.0158 e. The minimum absolute atomic E-state index is 0.0558. The molecule has 4 aromatic rings. The van der Waals surface area contributed by atoms with Crippen LogP contribution in [0.2, 0.25) is 0 Å². The van der Waals surface area contributed by atoms with Gasteiger partial charge in [-0.15, -0.1) is 0 Å². The van der Waals surface area contributed by atoms with Crippen molar-refractivity contribution < 1.29 is 0 Å². The Labute approximate surface area is 210 Å². The molecule has 0 heteroatoms. The van der Waals surface area contributed by atoms with Crippen LogP contribution in [0.4, 0.5) is 0 Å². The number of fused-ring (bicyclic) bond motifs is 6. The van der Waals surface area contributed by atoms with Gasteiger partial charge in [0.25, 0.3) is 0 Å². The van der Waals surface area contributed by atoms with Crippen LogP contribution in [0.15, 0.2) is 83.9 Å². The maximum absolute atomic E-state index is 2.52. The fraction of sp³-hybridized carbons (Fsp3) is 0.314. The van der Waals surface area contributed by atoms with Gasteiger partial charge in [-0.1, -0.05) is 124 Å². The topological polar surface area (TPSA) is 0 Å². The molecule has 6 rings (SSSR count).